The molecule has 0 heterocycles. The van der Waals surface area contributed by atoms with Crippen molar-refractivity contribution in [1.82, 2.24) is 0 Å². The molecular weight excluding hydrogens is 244 g/mol. The predicted octanol–water partition coefficient (Wildman–Crippen LogP) is 3.60. The first-order valence-corrected chi connectivity index (χ1v) is 6.25. The summed E-state index contributed by atoms with van der Waals surface area (Å²) in [6.07, 6.45) is 0. The summed E-state index contributed by atoms with van der Waals surface area (Å²) in [4.78, 5) is 0. The molecule has 0 saturated heterocycles. The number of benzene rings is 2. The van der Waals surface area contributed by atoms with Crippen LogP contribution in [0.3, 0.4) is 0 Å². The van der Waals surface area contributed by atoms with E-state index in [9.17, 15) is 10.5 Å². The first-order chi connectivity index (χ1) is 9.85. The number of nitriles is 2. The lowest BCUT2D eigenvalue weighted by atomic mass is 9.97. The summed E-state index contributed by atoms with van der Waals surface area (Å²) < 4.78 is 0. The molecule has 0 aromatic heterocycles. The second-order valence-electron chi connectivity index (χ2n) is 4.23. The molecule has 0 saturated carbocycles. The fourth-order valence-electron chi connectivity index (χ4n) is 1.84. The van der Waals surface area contributed by atoms with Crippen LogP contribution in [0.5, 0.6) is 0 Å². The molecule has 2 aromatic carbocycles. The summed E-state index contributed by atoms with van der Waals surface area (Å²) in [5, 5.41) is 18.4. The summed E-state index contributed by atoms with van der Waals surface area (Å²) in [7, 11) is 0. The van der Waals surface area contributed by atoms with E-state index in [0.29, 0.717) is 0 Å². The standard InChI is InChI=1S/C18H12N2/c19-13-17(15-7-3-1-4-8-15)11-12-18(14-20)16-9-5-2-6-10-16/h1-10,17-18H. The zero-order chi connectivity index (χ0) is 14.2. The largest absolute Gasteiger partial charge is 0.197 e. The monoisotopic (exact) mass is 256 g/mol. The summed E-state index contributed by atoms with van der Waals surface area (Å²) in [5.74, 6) is 4.80. The molecular formula is C18H12N2. The Bertz CT molecular complexity index is 633. The van der Waals surface area contributed by atoms with E-state index in [-0.39, 0.29) is 0 Å². The lowest BCUT2D eigenvalue weighted by Gasteiger charge is -2.03. The van der Waals surface area contributed by atoms with Gasteiger partial charge in [-0.05, 0) is 11.1 Å². The quantitative estimate of drug-likeness (QED) is 0.771. The lowest BCUT2D eigenvalue weighted by molar-refractivity contribution is 1.10. The van der Waals surface area contributed by atoms with Crippen molar-refractivity contribution < 1.29 is 0 Å². The predicted molar refractivity (Wildman–Crippen MR) is 77.4 cm³/mol. The van der Waals surface area contributed by atoms with Crippen LogP contribution in [0.2, 0.25) is 0 Å². The van der Waals surface area contributed by atoms with Crippen LogP contribution in [0.1, 0.15) is 23.0 Å². The van der Waals surface area contributed by atoms with Gasteiger partial charge in [-0.15, -0.1) is 0 Å². The van der Waals surface area contributed by atoms with E-state index in [1.807, 2.05) is 60.7 Å². The third kappa shape index (κ3) is 3.26. The molecule has 0 spiro atoms. The molecule has 0 amide bonds. The van der Waals surface area contributed by atoms with Gasteiger partial charge in [0.05, 0.1) is 12.1 Å². The third-order valence-corrected chi connectivity index (χ3v) is 2.90. The van der Waals surface area contributed by atoms with Gasteiger partial charge in [-0.3, -0.25) is 0 Å². The Labute approximate surface area is 118 Å². The van der Waals surface area contributed by atoms with Crippen LogP contribution in [-0.2, 0) is 0 Å². The fourth-order valence-corrected chi connectivity index (χ4v) is 1.84. The number of hydrogen-bond acceptors (Lipinski definition) is 2. The van der Waals surface area contributed by atoms with Crippen molar-refractivity contribution in [2.75, 3.05) is 0 Å². The molecule has 0 aliphatic rings. The van der Waals surface area contributed by atoms with E-state index in [0.717, 1.165) is 11.1 Å². The van der Waals surface area contributed by atoms with Crippen molar-refractivity contribution in [3.05, 3.63) is 71.8 Å². The highest BCUT2D eigenvalue weighted by Crippen LogP contribution is 2.16. The van der Waals surface area contributed by atoms with Crippen LogP contribution >= 0.6 is 0 Å². The Morgan fingerprint density at radius 2 is 0.950 bits per heavy atom. The van der Waals surface area contributed by atoms with Crippen molar-refractivity contribution in [2.24, 2.45) is 0 Å². The van der Waals surface area contributed by atoms with Crippen LogP contribution in [0.15, 0.2) is 60.7 Å². The average molecular weight is 256 g/mol. The molecule has 0 aliphatic heterocycles. The molecule has 2 rings (SSSR count). The third-order valence-electron chi connectivity index (χ3n) is 2.90. The molecule has 94 valence electrons. The molecule has 2 atom stereocenters. The first-order valence-electron chi connectivity index (χ1n) is 6.25. The normalized spacial score (nSPS) is 12.1. The number of nitrogens with zero attached hydrogens (tertiary/aromatic N) is 2. The van der Waals surface area contributed by atoms with Gasteiger partial charge in [0.1, 0.15) is 11.8 Å². The van der Waals surface area contributed by atoms with Crippen LogP contribution < -0.4 is 0 Å². The molecule has 0 N–H and O–H groups in total. The molecule has 2 heteroatoms. The van der Waals surface area contributed by atoms with Crippen molar-refractivity contribution >= 4 is 0 Å². The smallest absolute Gasteiger partial charge is 0.132 e. The van der Waals surface area contributed by atoms with E-state index >= 15 is 0 Å². The number of hydrogen-bond donors (Lipinski definition) is 0. The minimum absolute atomic E-state index is 0.504. The van der Waals surface area contributed by atoms with E-state index in [2.05, 4.69) is 24.0 Å². The maximum Gasteiger partial charge on any atom is 0.132 e. The molecule has 2 unspecified atom stereocenters. The Kier molecular flexibility index (Phi) is 4.55. The second-order valence-corrected chi connectivity index (χ2v) is 4.23. The zero-order valence-corrected chi connectivity index (χ0v) is 10.8. The summed E-state index contributed by atoms with van der Waals surface area (Å²) >= 11 is 0. The maximum absolute atomic E-state index is 9.20. The van der Waals surface area contributed by atoms with Gasteiger partial charge < -0.3 is 0 Å². The Morgan fingerprint density at radius 3 is 1.25 bits per heavy atom. The van der Waals surface area contributed by atoms with E-state index in [4.69, 9.17) is 0 Å². The molecule has 2 aromatic rings. The molecule has 0 aliphatic carbocycles. The highest BCUT2D eigenvalue weighted by Gasteiger charge is 2.09. The van der Waals surface area contributed by atoms with Crippen molar-refractivity contribution in [3.63, 3.8) is 0 Å². The van der Waals surface area contributed by atoms with E-state index < -0.39 is 11.8 Å². The van der Waals surface area contributed by atoms with Crippen molar-refractivity contribution in [2.45, 2.75) is 11.8 Å². The van der Waals surface area contributed by atoms with Crippen LogP contribution in [-0.4, -0.2) is 0 Å². The van der Waals surface area contributed by atoms with Gasteiger partial charge in [0.2, 0.25) is 0 Å². The topological polar surface area (TPSA) is 47.6 Å². The van der Waals surface area contributed by atoms with E-state index in [1.54, 1.807) is 0 Å². The minimum Gasteiger partial charge on any atom is -0.197 e. The fraction of sp³-hybridized carbons (Fsp3) is 0.111. The van der Waals surface area contributed by atoms with Crippen molar-refractivity contribution in [1.29, 1.82) is 10.5 Å². The van der Waals surface area contributed by atoms with Crippen LogP contribution in [0.25, 0.3) is 0 Å². The van der Waals surface area contributed by atoms with Gasteiger partial charge in [-0.25, -0.2) is 0 Å². The van der Waals surface area contributed by atoms with Gasteiger partial charge in [0, 0.05) is 0 Å². The SMILES string of the molecule is N#CC(C#CC(C#N)c1ccccc1)c1ccccc1. The molecule has 0 bridgehead atoms. The van der Waals surface area contributed by atoms with Crippen LogP contribution in [0, 0.1) is 34.5 Å². The van der Waals surface area contributed by atoms with Gasteiger partial charge in [-0.1, -0.05) is 72.5 Å². The highest BCUT2D eigenvalue weighted by molar-refractivity contribution is 5.39. The first kappa shape index (κ1) is 13.4. The molecule has 20 heavy (non-hydrogen) atoms. The average Bonchev–Trinajstić information content (AvgIpc) is 2.53. The van der Waals surface area contributed by atoms with Crippen LogP contribution in [0.4, 0.5) is 0 Å². The molecule has 2 nitrogen and oxygen atoms in total. The second kappa shape index (κ2) is 6.79. The molecule has 0 radical (unpaired) electrons. The summed E-state index contributed by atoms with van der Waals surface area (Å²) in [6.45, 7) is 0. The van der Waals surface area contributed by atoms with E-state index in [1.165, 1.54) is 0 Å². The Balaban J connectivity index is 2.25. The van der Waals surface area contributed by atoms with Crippen molar-refractivity contribution in [3.8, 4) is 24.0 Å². The summed E-state index contributed by atoms with van der Waals surface area (Å²) in [5.41, 5.74) is 1.71. The maximum atomic E-state index is 9.20. The lowest BCUT2D eigenvalue weighted by Crippen LogP contribution is -1.95. The van der Waals surface area contributed by atoms with Gasteiger partial charge in [0.25, 0.3) is 0 Å². The molecule has 0 fully saturated rings. The summed E-state index contributed by atoms with van der Waals surface area (Å²) in [6, 6.07) is 23.1. The number of rotatable bonds is 2. The minimum atomic E-state index is -0.504. The van der Waals surface area contributed by atoms with Gasteiger partial charge in [0.15, 0.2) is 0 Å². The highest BCUT2D eigenvalue weighted by atomic mass is 14.3. The van der Waals surface area contributed by atoms with Gasteiger partial charge in [-0.2, -0.15) is 10.5 Å². The Morgan fingerprint density at radius 1 is 0.600 bits per heavy atom. The zero-order valence-electron chi connectivity index (χ0n) is 10.8. The van der Waals surface area contributed by atoms with Gasteiger partial charge >= 0.3 is 0 Å². The Hall–Kier alpha value is -3.02.